The van der Waals surface area contributed by atoms with Gasteiger partial charge < -0.3 is 10.1 Å². The number of nitrogens with one attached hydrogen (secondary N) is 1. The van der Waals surface area contributed by atoms with Gasteiger partial charge in [-0.3, -0.25) is 4.79 Å². The van der Waals surface area contributed by atoms with Crippen LogP contribution >= 0.6 is 0 Å². The third-order valence-corrected chi connectivity index (χ3v) is 6.23. The van der Waals surface area contributed by atoms with Crippen molar-refractivity contribution in [2.24, 2.45) is 0 Å². The molecule has 0 fully saturated rings. The Morgan fingerprint density at radius 1 is 1.15 bits per heavy atom. The second-order valence-corrected chi connectivity index (χ2v) is 7.81. The smallest absolute Gasteiger partial charge is 0.259 e. The van der Waals surface area contributed by atoms with Crippen molar-refractivity contribution in [3.8, 4) is 5.75 Å². The molecule has 27 heavy (non-hydrogen) atoms. The van der Waals surface area contributed by atoms with E-state index in [4.69, 9.17) is 4.74 Å². The number of sulfonamides is 1. The fraction of sp³-hybridized carbons (Fsp3) is 0.316. The van der Waals surface area contributed by atoms with Gasteiger partial charge in [0.1, 0.15) is 11.6 Å². The van der Waals surface area contributed by atoms with E-state index in [0.29, 0.717) is 18.7 Å². The molecule has 0 aliphatic carbocycles. The lowest BCUT2D eigenvalue weighted by Crippen LogP contribution is -2.30. The Balaban J connectivity index is 2.42. The van der Waals surface area contributed by atoms with E-state index >= 15 is 0 Å². The summed E-state index contributed by atoms with van der Waals surface area (Å²) in [4.78, 5) is 12.6. The fourth-order valence-electron chi connectivity index (χ4n) is 2.61. The SMILES string of the molecule is CCN(CC)S(=O)(=O)c1ccc(OC)c(C(=O)Nc2ccc(C)c(F)c2)c1. The highest BCUT2D eigenvalue weighted by atomic mass is 32.2. The first-order valence-electron chi connectivity index (χ1n) is 8.50. The monoisotopic (exact) mass is 394 g/mol. The molecule has 1 N–H and O–H groups in total. The summed E-state index contributed by atoms with van der Waals surface area (Å²) in [6.45, 7) is 5.73. The summed E-state index contributed by atoms with van der Waals surface area (Å²) in [6.07, 6.45) is 0. The van der Waals surface area contributed by atoms with Crippen molar-refractivity contribution in [3.63, 3.8) is 0 Å². The number of ether oxygens (including phenoxy) is 1. The molecule has 0 aromatic heterocycles. The van der Waals surface area contributed by atoms with E-state index in [2.05, 4.69) is 5.32 Å². The van der Waals surface area contributed by atoms with E-state index < -0.39 is 21.7 Å². The molecule has 2 rings (SSSR count). The molecular weight excluding hydrogens is 371 g/mol. The van der Waals surface area contributed by atoms with Gasteiger partial charge in [0.15, 0.2) is 0 Å². The molecule has 0 heterocycles. The predicted molar refractivity (Wildman–Crippen MR) is 102 cm³/mol. The Bertz CT molecular complexity index is 941. The molecule has 0 unspecified atom stereocenters. The summed E-state index contributed by atoms with van der Waals surface area (Å²) < 4.78 is 45.6. The van der Waals surface area contributed by atoms with Crippen LogP contribution in [-0.4, -0.2) is 38.8 Å². The van der Waals surface area contributed by atoms with Crippen molar-refractivity contribution >= 4 is 21.6 Å². The molecule has 0 radical (unpaired) electrons. The summed E-state index contributed by atoms with van der Waals surface area (Å²) >= 11 is 0. The van der Waals surface area contributed by atoms with E-state index in [9.17, 15) is 17.6 Å². The number of aryl methyl sites for hydroxylation is 1. The zero-order valence-electron chi connectivity index (χ0n) is 15.7. The molecule has 0 saturated heterocycles. The van der Waals surface area contributed by atoms with Crippen LogP contribution in [0, 0.1) is 12.7 Å². The second kappa shape index (κ2) is 8.49. The Morgan fingerprint density at radius 2 is 1.81 bits per heavy atom. The number of amides is 1. The number of carbonyl (C=O) groups is 1. The number of rotatable bonds is 7. The fourth-order valence-corrected chi connectivity index (χ4v) is 4.09. The highest BCUT2D eigenvalue weighted by Gasteiger charge is 2.24. The van der Waals surface area contributed by atoms with Crippen LogP contribution in [0.25, 0.3) is 0 Å². The molecule has 0 aliphatic rings. The van der Waals surface area contributed by atoms with Crippen LogP contribution < -0.4 is 10.1 Å². The van der Waals surface area contributed by atoms with E-state index in [0.717, 1.165) is 0 Å². The van der Waals surface area contributed by atoms with Crippen molar-refractivity contribution in [2.45, 2.75) is 25.7 Å². The Labute approximate surface area is 159 Å². The van der Waals surface area contributed by atoms with Gasteiger partial charge in [0.2, 0.25) is 10.0 Å². The molecule has 6 nitrogen and oxygen atoms in total. The standard InChI is InChI=1S/C19H23FN2O4S/c1-5-22(6-2)27(24,25)15-9-10-18(26-4)16(12-15)19(23)21-14-8-7-13(3)17(20)11-14/h7-12H,5-6H2,1-4H3,(H,21,23). The van der Waals surface area contributed by atoms with Crippen molar-refractivity contribution in [2.75, 3.05) is 25.5 Å². The molecular formula is C19H23FN2O4S. The number of methoxy groups -OCH3 is 1. The lowest BCUT2D eigenvalue weighted by Gasteiger charge is -2.19. The summed E-state index contributed by atoms with van der Waals surface area (Å²) in [5.74, 6) is -0.817. The number of hydrogen-bond acceptors (Lipinski definition) is 4. The number of hydrogen-bond donors (Lipinski definition) is 1. The zero-order valence-corrected chi connectivity index (χ0v) is 16.6. The minimum absolute atomic E-state index is 0.00719. The molecule has 0 aliphatic heterocycles. The van der Waals surface area contributed by atoms with Crippen LogP contribution in [0.3, 0.4) is 0 Å². The van der Waals surface area contributed by atoms with Crippen LogP contribution in [0.2, 0.25) is 0 Å². The third kappa shape index (κ3) is 4.45. The first-order chi connectivity index (χ1) is 12.7. The molecule has 2 aromatic carbocycles. The summed E-state index contributed by atoms with van der Waals surface area (Å²) in [5.41, 5.74) is 0.770. The number of halogens is 1. The highest BCUT2D eigenvalue weighted by molar-refractivity contribution is 7.89. The van der Waals surface area contributed by atoms with Crippen LogP contribution in [-0.2, 0) is 10.0 Å². The maximum atomic E-state index is 13.7. The summed E-state index contributed by atoms with van der Waals surface area (Å²) in [6, 6.07) is 8.42. The van der Waals surface area contributed by atoms with Crippen LogP contribution in [0.1, 0.15) is 29.8 Å². The van der Waals surface area contributed by atoms with E-state index in [1.54, 1.807) is 32.9 Å². The lowest BCUT2D eigenvalue weighted by molar-refractivity contribution is 0.102. The molecule has 0 saturated carbocycles. The Hall–Kier alpha value is -2.45. The van der Waals surface area contributed by atoms with E-state index in [1.165, 1.54) is 35.7 Å². The quantitative estimate of drug-likeness (QED) is 0.781. The minimum Gasteiger partial charge on any atom is -0.496 e. The largest absolute Gasteiger partial charge is 0.496 e. The number of nitrogens with zero attached hydrogens (tertiary/aromatic N) is 1. The molecule has 0 atom stereocenters. The average Bonchev–Trinajstić information content (AvgIpc) is 2.64. The summed E-state index contributed by atoms with van der Waals surface area (Å²) in [5, 5.41) is 2.57. The maximum Gasteiger partial charge on any atom is 0.259 e. The van der Waals surface area contributed by atoms with E-state index in [1.807, 2.05) is 0 Å². The second-order valence-electron chi connectivity index (χ2n) is 5.87. The van der Waals surface area contributed by atoms with Crippen molar-refractivity contribution < 1.29 is 22.3 Å². The van der Waals surface area contributed by atoms with Crippen LogP contribution in [0.4, 0.5) is 10.1 Å². The van der Waals surface area contributed by atoms with Gasteiger partial charge in [0.25, 0.3) is 5.91 Å². The van der Waals surface area contributed by atoms with Gasteiger partial charge >= 0.3 is 0 Å². The van der Waals surface area contributed by atoms with Crippen molar-refractivity contribution in [1.29, 1.82) is 0 Å². The average molecular weight is 394 g/mol. The molecule has 2 aromatic rings. The molecule has 8 heteroatoms. The van der Waals surface area contributed by atoms with Crippen LogP contribution in [0.5, 0.6) is 5.75 Å². The first kappa shape index (κ1) is 20.9. The van der Waals surface area contributed by atoms with E-state index in [-0.39, 0.29) is 21.9 Å². The minimum atomic E-state index is -3.73. The molecule has 0 bridgehead atoms. The molecule has 1 amide bonds. The van der Waals surface area contributed by atoms with Gasteiger partial charge in [-0.25, -0.2) is 12.8 Å². The zero-order chi connectivity index (χ0) is 20.2. The van der Waals surface area contributed by atoms with Crippen LogP contribution in [0.15, 0.2) is 41.3 Å². The van der Waals surface area contributed by atoms with Gasteiger partial charge in [-0.05, 0) is 42.8 Å². The predicted octanol–water partition coefficient (Wildman–Crippen LogP) is 3.43. The molecule has 0 spiro atoms. The van der Waals surface area contributed by atoms with Gasteiger partial charge in [-0.2, -0.15) is 4.31 Å². The van der Waals surface area contributed by atoms with Gasteiger partial charge in [-0.15, -0.1) is 0 Å². The normalized spacial score (nSPS) is 11.5. The molecule has 146 valence electrons. The third-order valence-electron chi connectivity index (χ3n) is 4.19. The highest BCUT2D eigenvalue weighted by Crippen LogP contribution is 2.26. The van der Waals surface area contributed by atoms with Gasteiger partial charge in [0.05, 0.1) is 17.6 Å². The van der Waals surface area contributed by atoms with Crippen molar-refractivity contribution in [1.82, 2.24) is 4.31 Å². The Morgan fingerprint density at radius 3 is 2.37 bits per heavy atom. The topological polar surface area (TPSA) is 75.7 Å². The number of carbonyl (C=O) groups excluding carboxylic acids is 1. The number of anilines is 1. The van der Waals surface area contributed by atoms with Gasteiger partial charge in [-0.1, -0.05) is 19.9 Å². The maximum absolute atomic E-state index is 13.7. The lowest BCUT2D eigenvalue weighted by atomic mass is 10.1. The van der Waals surface area contributed by atoms with Crippen molar-refractivity contribution in [3.05, 3.63) is 53.3 Å². The summed E-state index contributed by atoms with van der Waals surface area (Å²) in [7, 11) is -2.34. The van der Waals surface area contributed by atoms with Gasteiger partial charge in [0, 0.05) is 18.8 Å². The number of benzene rings is 2. The Kier molecular flexibility index (Phi) is 6.56. The first-order valence-corrected chi connectivity index (χ1v) is 9.94.